The zero-order valence-corrected chi connectivity index (χ0v) is 8.73. The summed E-state index contributed by atoms with van der Waals surface area (Å²) in [5, 5.41) is 8.84. The van der Waals surface area contributed by atoms with Gasteiger partial charge in [0.1, 0.15) is 6.07 Å². The van der Waals surface area contributed by atoms with E-state index in [4.69, 9.17) is 10.00 Å². The first-order valence-corrected chi connectivity index (χ1v) is 4.72. The van der Waals surface area contributed by atoms with E-state index < -0.39 is 5.92 Å². The zero-order chi connectivity index (χ0) is 11.3. The highest BCUT2D eigenvalue weighted by Crippen LogP contribution is 2.17. The first-order chi connectivity index (χ1) is 7.20. The van der Waals surface area contributed by atoms with Crippen LogP contribution in [0.25, 0.3) is 0 Å². The van der Waals surface area contributed by atoms with Crippen molar-refractivity contribution in [3.63, 3.8) is 0 Å². The summed E-state index contributed by atoms with van der Waals surface area (Å²) in [7, 11) is 0. The van der Waals surface area contributed by atoms with E-state index in [9.17, 15) is 4.79 Å². The standard InChI is InChI=1S/C11H12N2O2/c1-3-15-11(14)8(2)10-9(7-12)5-4-6-13-10/h4-6,8H,3H2,1-2H3. The highest BCUT2D eigenvalue weighted by Gasteiger charge is 2.20. The van der Waals surface area contributed by atoms with Crippen molar-refractivity contribution in [2.24, 2.45) is 0 Å². The summed E-state index contributed by atoms with van der Waals surface area (Å²) in [5.74, 6) is -0.853. The Morgan fingerprint density at radius 3 is 3.07 bits per heavy atom. The summed E-state index contributed by atoms with van der Waals surface area (Å²) in [6.07, 6.45) is 1.56. The molecule has 4 nitrogen and oxygen atoms in total. The van der Waals surface area contributed by atoms with Gasteiger partial charge in [0.05, 0.1) is 23.8 Å². The number of ether oxygens (including phenoxy) is 1. The van der Waals surface area contributed by atoms with Crippen LogP contribution in [0.3, 0.4) is 0 Å². The van der Waals surface area contributed by atoms with Crippen molar-refractivity contribution in [2.75, 3.05) is 6.61 Å². The van der Waals surface area contributed by atoms with Crippen molar-refractivity contribution in [3.05, 3.63) is 29.6 Å². The molecule has 0 aliphatic heterocycles. The third-order valence-electron chi connectivity index (χ3n) is 2.01. The van der Waals surface area contributed by atoms with Gasteiger partial charge in [-0.25, -0.2) is 0 Å². The van der Waals surface area contributed by atoms with Crippen LogP contribution < -0.4 is 0 Å². The summed E-state index contributed by atoms with van der Waals surface area (Å²) in [6.45, 7) is 3.76. The number of carbonyl (C=O) groups is 1. The van der Waals surface area contributed by atoms with Crippen molar-refractivity contribution in [2.45, 2.75) is 19.8 Å². The van der Waals surface area contributed by atoms with Gasteiger partial charge in [0.2, 0.25) is 0 Å². The Morgan fingerprint density at radius 1 is 1.73 bits per heavy atom. The number of nitriles is 1. The maximum atomic E-state index is 11.4. The van der Waals surface area contributed by atoms with Gasteiger partial charge in [0.15, 0.2) is 0 Å². The summed E-state index contributed by atoms with van der Waals surface area (Å²) in [4.78, 5) is 15.5. The summed E-state index contributed by atoms with van der Waals surface area (Å²) < 4.78 is 4.87. The topological polar surface area (TPSA) is 63.0 Å². The average Bonchev–Trinajstić information content (AvgIpc) is 2.28. The van der Waals surface area contributed by atoms with Crippen molar-refractivity contribution >= 4 is 5.97 Å². The fraction of sp³-hybridized carbons (Fsp3) is 0.364. The fourth-order valence-corrected chi connectivity index (χ4v) is 1.24. The minimum Gasteiger partial charge on any atom is -0.465 e. The van der Waals surface area contributed by atoms with Gasteiger partial charge < -0.3 is 4.74 Å². The van der Waals surface area contributed by atoms with E-state index in [1.807, 2.05) is 6.07 Å². The van der Waals surface area contributed by atoms with Gasteiger partial charge in [-0.1, -0.05) is 0 Å². The Hall–Kier alpha value is -1.89. The van der Waals surface area contributed by atoms with Crippen molar-refractivity contribution < 1.29 is 9.53 Å². The number of hydrogen-bond acceptors (Lipinski definition) is 4. The lowest BCUT2D eigenvalue weighted by atomic mass is 10.0. The number of pyridine rings is 1. The van der Waals surface area contributed by atoms with Crippen LogP contribution in [0, 0.1) is 11.3 Å². The van der Waals surface area contributed by atoms with Gasteiger partial charge >= 0.3 is 5.97 Å². The van der Waals surface area contributed by atoms with Crippen LogP contribution in [0.1, 0.15) is 31.0 Å². The van der Waals surface area contributed by atoms with E-state index in [1.54, 1.807) is 32.2 Å². The molecule has 0 aromatic carbocycles. The van der Waals surface area contributed by atoms with Crippen LogP contribution in [0.2, 0.25) is 0 Å². The fourth-order valence-electron chi connectivity index (χ4n) is 1.24. The van der Waals surface area contributed by atoms with Crippen molar-refractivity contribution in [1.29, 1.82) is 5.26 Å². The van der Waals surface area contributed by atoms with E-state index in [-0.39, 0.29) is 5.97 Å². The third-order valence-corrected chi connectivity index (χ3v) is 2.01. The van der Waals surface area contributed by atoms with Gasteiger partial charge in [-0.05, 0) is 26.0 Å². The predicted molar refractivity (Wildman–Crippen MR) is 54.0 cm³/mol. The SMILES string of the molecule is CCOC(=O)C(C)c1ncccc1C#N. The lowest BCUT2D eigenvalue weighted by molar-refractivity contribution is -0.144. The Morgan fingerprint density at radius 2 is 2.47 bits per heavy atom. The van der Waals surface area contributed by atoms with Crippen LogP contribution in [0.5, 0.6) is 0 Å². The molecular weight excluding hydrogens is 192 g/mol. The molecular formula is C11H12N2O2. The first kappa shape index (κ1) is 11.2. The molecule has 1 heterocycles. The molecule has 1 aromatic heterocycles. The molecule has 0 N–H and O–H groups in total. The van der Waals surface area contributed by atoms with Gasteiger partial charge in [0, 0.05) is 6.20 Å². The molecule has 1 atom stereocenters. The van der Waals surface area contributed by atoms with Crippen LogP contribution >= 0.6 is 0 Å². The van der Waals surface area contributed by atoms with Gasteiger partial charge in [-0.3, -0.25) is 9.78 Å². The number of esters is 1. The number of nitrogens with zero attached hydrogens (tertiary/aromatic N) is 2. The average molecular weight is 204 g/mol. The molecule has 0 bridgehead atoms. The van der Waals surface area contributed by atoms with Crippen molar-refractivity contribution in [1.82, 2.24) is 4.98 Å². The van der Waals surface area contributed by atoms with Crippen LogP contribution in [-0.4, -0.2) is 17.6 Å². The molecule has 1 unspecified atom stereocenters. The molecule has 1 aromatic rings. The number of carbonyl (C=O) groups excluding carboxylic acids is 1. The maximum absolute atomic E-state index is 11.4. The monoisotopic (exact) mass is 204 g/mol. The number of hydrogen-bond donors (Lipinski definition) is 0. The molecule has 78 valence electrons. The molecule has 0 aliphatic rings. The highest BCUT2D eigenvalue weighted by atomic mass is 16.5. The second-order valence-corrected chi connectivity index (χ2v) is 3.02. The van der Waals surface area contributed by atoms with Gasteiger partial charge in [0.25, 0.3) is 0 Å². The normalized spacial score (nSPS) is 11.5. The lowest BCUT2D eigenvalue weighted by Gasteiger charge is -2.10. The molecule has 0 fully saturated rings. The first-order valence-electron chi connectivity index (χ1n) is 4.72. The quantitative estimate of drug-likeness (QED) is 0.702. The van der Waals surface area contributed by atoms with E-state index in [1.165, 1.54) is 0 Å². The molecule has 0 spiro atoms. The second kappa shape index (κ2) is 5.11. The summed E-state index contributed by atoms with van der Waals surface area (Å²) in [5.41, 5.74) is 0.886. The lowest BCUT2D eigenvalue weighted by Crippen LogP contribution is -2.15. The minimum atomic E-state index is -0.499. The van der Waals surface area contributed by atoms with Crippen LogP contribution in [0.4, 0.5) is 0 Å². The Bertz CT molecular complexity index is 396. The molecule has 0 radical (unpaired) electrons. The van der Waals surface area contributed by atoms with E-state index in [2.05, 4.69) is 4.98 Å². The molecule has 0 amide bonds. The summed E-state index contributed by atoms with van der Waals surface area (Å²) >= 11 is 0. The number of rotatable bonds is 3. The minimum absolute atomic E-state index is 0.331. The zero-order valence-electron chi connectivity index (χ0n) is 8.73. The summed E-state index contributed by atoms with van der Waals surface area (Å²) in [6, 6.07) is 5.31. The van der Waals surface area contributed by atoms with Crippen LogP contribution in [0.15, 0.2) is 18.3 Å². The third kappa shape index (κ3) is 2.53. The molecule has 4 heteroatoms. The Kier molecular flexibility index (Phi) is 3.81. The predicted octanol–water partition coefficient (Wildman–Crippen LogP) is 1.62. The van der Waals surface area contributed by atoms with Crippen LogP contribution in [-0.2, 0) is 9.53 Å². The van der Waals surface area contributed by atoms with Gasteiger partial charge in [-0.2, -0.15) is 5.26 Å². The molecule has 0 saturated heterocycles. The Labute approximate surface area is 88.5 Å². The van der Waals surface area contributed by atoms with Gasteiger partial charge in [-0.15, -0.1) is 0 Å². The molecule has 0 aliphatic carbocycles. The second-order valence-electron chi connectivity index (χ2n) is 3.02. The molecule has 15 heavy (non-hydrogen) atoms. The Balaban J connectivity index is 2.96. The molecule has 0 saturated carbocycles. The largest absolute Gasteiger partial charge is 0.465 e. The molecule has 1 rings (SSSR count). The van der Waals surface area contributed by atoms with Crippen molar-refractivity contribution in [3.8, 4) is 6.07 Å². The van der Waals surface area contributed by atoms with E-state index in [0.717, 1.165) is 0 Å². The van der Waals surface area contributed by atoms with E-state index in [0.29, 0.717) is 17.9 Å². The smallest absolute Gasteiger partial charge is 0.314 e. The maximum Gasteiger partial charge on any atom is 0.314 e. The van der Waals surface area contributed by atoms with E-state index >= 15 is 0 Å². The number of aromatic nitrogens is 1. The highest BCUT2D eigenvalue weighted by molar-refractivity contribution is 5.77.